The van der Waals surface area contributed by atoms with E-state index in [0.29, 0.717) is 11.3 Å². The van der Waals surface area contributed by atoms with Crippen LogP contribution in [0, 0.1) is 11.3 Å². The Labute approximate surface area is 90.8 Å². The van der Waals surface area contributed by atoms with E-state index in [4.69, 9.17) is 0 Å². The maximum absolute atomic E-state index is 4.12. The van der Waals surface area contributed by atoms with Crippen LogP contribution in [0.25, 0.3) is 0 Å². The number of hydrogen-bond donors (Lipinski definition) is 1. The molecule has 0 saturated heterocycles. The minimum atomic E-state index is 0.354. The van der Waals surface area contributed by atoms with Gasteiger partial charge in [0.25, 0.3) is 0 Å². The summed E-state index contributed by atoms with van der Waals surface area (Å²) in [6, 6.07) is 0. The zero-order valence-electron chi connectivity index (χ0n) is 9.50. The van der Waals surface area contributed by atoms with Gasteiger partial charge in [-0.3, -0.25) is 4.98 Å². The van der Waals surface area contributed by atoms with Crippen molar-refractivity contribution in [2.45, 2.75) is 27.2 Å². The number of thiazole rings is 1. The van der Waals surface area contributed by atoms with Crippen molar-refractivity contribution in [1.29, 1.82) is 0 Å². The third-order valence-corrected chi connectivity index (χ3v) is 3.41. The third-order valence-electron chi connectivity index (χ3n) is 2.61. The van der Waals surface area contributed by atoms with E-state index in [9.17, 15) is 0 Å². The highest BCUT2D eigenvalue weighted by atomic mass is 32.1. The molecule has 3 heteroatoms. The average Bonchev–Trinajstić information content (AvgIpc) is 2.54. The summed E-state index contributed by atoms with van der Waals surface area (Å²) in [4.78, 5) is 5.50. The summed E-state index contributed by atoms with van der Waals surface area (Å²) in [6.07, 6.45) is 3.12. The molecule has 1 unspecified atom stereocenters. The van der Waals surface area contributed by atoms with Crippen molar-refractivity contribution in [3.05, 3.63) is 16.6 Å². The Morgan fingerprint density at radius 3 is 2.64 bits per heavy atom. The highest BCUT2D eigenvalue weighted by molar-refractivity contribution is 7.09. The molecule has 0 bridgehead atoms. The van der Waals surface area contributed by atoms with E-state index in [2.05, 4.69) is 31.1 Å². The van der Waals surface area contributed by atoms with Gasteiger partial charge in [0.05, 0.1) is 5.51 Å². The first-order valence-electron chi connectivity index (χ1n) is 5.06. The van der Waals surface area contributed by atoms with Crippen LogP contribution in [-0.4, -0.2) is 18.6 Å². The van der Waals surface area contributed by atoms with Gasteiger partial charge in [-0.1, -0.05) is 20.8 Å². The number of rotatable bonds is 4. The van der Waals surface area contributed by atoms with Gasteiger partial charge in [-0.25, -0.2) is 0 Å². The van der Waals surface area contributed by atoms with Crippen molar-refractivity contribution >= 4 is 11.3 Å². The Morgan fingerprint density at radius 2 is 2.21 bits per heavy atom. The smallest absolute Gasteiger partial charge is 0.0794 e. The molecule has 0 aromatic carbocycles. The van der Waals surface area contributed by atoms with Gasteiger partial charge < -0.3 is 5.32 Å². The van der Waals surface area contributed by atoms with Crippen LogP contribution < -0.4 is 5.32 Å². The second kappa shape index (κ2) is 4.89. The molecule has 0 spiro atoms. The standard InChI is InChI=1S/C11H20N2S/c1-11(2,3)9(6-12-4)5-10-7-13-8-14-10/h7-9,12H,5-6H2,1-4H3. The minimum absolute atomic E-state index is 0.354. The second-order valence-corrected chi connectivity index (χ2v) is 5.76. The van der Waals surface area contributed by atoms with Crippen LogP contribution in [-0.2, 0) is 6.42 Å². The van der Waals surface area contributed by atoms with Crippen LogP contribution >= 0.6 is 11.3 Å². The monoisotopic (exact) mass is 212 g/mol. The fourth-order valence-corrected chi connectivity index (χ4v) is 2.19. The van der Waals surface area contributed by atoms with Crippen molar-refractivity contribution in [2.24, 2.45) is 11.3 Å². The molecule has 1 aromatic rings. The highest BCUT2D eigenvalue weighted by Gasteiger charge is 2.24. The number of aromatic nitrogens is 1. The molecule has 0 amide bonds. The molecule has 0 aliphatic heterocycles. The normalized spacial score (nSPS) is 14.3. The molecular formula is C11H20N2S. The molecule has 0 saturated carbocycles. The van der Waals surface area contributed by atoms with Gasteiger partial charge in [-0.05, 0) is 31.3 Å². The molecule has 1 heterocycles. The molecule has 1 aromatic heterocycles. The third kappa shape index (κ3) is 3.39. The van der Waals surface area contributed by atoms with Gasteiger partial charge in [0.15, 0.2) is 0 Å². The Morgan fingerprint density at radius 1 is 1.50 bits per heavy atom. The number of hydrogen-bond acceptors (Lipinski definition) is 3. The molecule has 1 atom stereocenters. The van der Waals surface area contributed by atoms with Crippen molar-refractivity contribution < 1.29 is 0 Å². The van der Waals surface area contributed by atoms with E-state index >= 15 is 0 Å². The molecule has 0 fully saturated rings. The largest absolute Gasteiger partial charge is 0.319 e. The average molecular weight is 212 g/mol. The predicted octanol–water partition coefficient (Wildman–Crippen LogP) is 2.57. The molecule has 2 nitrogen and oxygen atoms in total. The van der Waals surface area contributed by atoms with Gasteiger partial charge in [0.2, 0.25) is 0 Å². The van der Waals surface area contributed by atoms with Gasteiger partial charge in [-0.2, -0.15) is 0 Å². The first kappa shape index (κ1) is 11.7. The summed E-state index contributed by atoms with van der Waals surface area (Å²) in [5.41, 5.74) is 2.27. The zero-order valence-corrected chi connectivity index (χ0v) is 10.3. The fraction of sp³-hybridized carbons (Fsp3) is 0.727. The molecule has 0 aliphatic carbocycles. The summed E-state index contributed by atoms with van der Waals surface area (Å²) in [5.74, 6) is 0.674. The SMILES string of the molecule is CNCC(Cc1cncs1)C(C)(C)C. The van der Waals surface area contributed by atoms with Crippen LogP contribution in [0.2, 0.25) is 0 Å². The molecule has 0 radical (unpaired) electrons. The fourth-order valence-electron chi connectivity index (χ4n) is 1.52. The quantitative estimate of drug-likeness (QED) is 0.829. The van der Waals surface area contributed by atoms with Gasteiger partial charge >= 0.3 is 0 Å². The van der Waals surface area contributed by atoms with Crippen LogP contribution in [0.4, 0.5) is 0 Å². The summed E-state index contributed by atoms with van der Waals surface area (Å²) in [7, 11) is 2.02. The minimum Gasteiger partial charge on any atom is -0.319 e. The summed E-state index contributed by atoms with van der Waals surface area (Å²) >= 11 is 1.75. The van der Waals surface area contributed by atoms with Crippen LogP contribution in [0.15, 0.2) is 11.7 Å². The van der Waals surface area contributed by atoms with E-state index in [-0.39, 0.29) is 0 Å². The summed E-state index contributed by atoms with van der Waals surface area (Å²) in [6.45, 7) is 7.98. The first-order valence-corrected chi connectivity index (χ1v) is 5.94. The van der Waals surface area contributed by atoms with E-state index in [1.165, 1.54) is 4.88 Å². The Bertz CT molecular complexity index is 249. The van der Waals surface area contributed by atoms with Gasteiger partial charge in [-0.15, -0.1) is 11.3 Å². The lowest BCUT2D eigenvalue weighted by molar-refractivity contribution is 0.236. The Hall–Kier alpha value is -0.410. The van der Waals surface area contributed by atoms with Crippen molar-refractivity contribution in [3.8, 4) is 0 Å². The van der Waals surface area contributed by atoms with Crippen molar-refractivity contribution in [2.75, 3.05) is 13.6 Å². The van der Waals surface area contributed by atoms with Gasteiger partial charge in [0.1, 0.15) is 0 Å². The molecule has 0 aliphatic rings. The maximum atomic E-state index is 4.12. The first-order chi connectivity index (χ1) is 6.54. The molecular weight excluding hydrogens is 192 g/mol. The number of nitrogens with one attached hydrogen (secondary N) is 1. The highest BCUT2D eigenvalue weighted by Crippen LogP contribution is 2.29. The Kier molecular flexibility index (Phi) is 4.08. The lowest BCUT2D eigenvalue weighted by Gasteiger charge is -2.30. The summed E-state index contributed by atoms with van der Waals surface area (Å²) in [5, 5.41) is 3.27. The number of nitrogens with zero attached hydrogens (tertiary/aromatic N) is 1. The predicted molar refractivity (Wildman–Crippen MR) is 62.7 cm³/mol. The van der Waals surface area contributed by atoms with Crippen molar-refractivity contribution in [1.82, 2.24) is 10.3 Å². The molecule has 1 rings (SSSR count). The van der Waals surface area contributed by atoms with E-state index < -0.39 is 0 Å². The van der Waals surface area contributed by atoms with E-state index in [1.54, 1.807) is 11.3 Å². The van der Waals surface area contributed by atoms with Gasteiger partial charge in [0, 0.05) is 11.1 Å². The van der Waals surface area contributed by atoms with E-state index in [0.717, 1.165) is 13.0 Å². The van der Waals surface area contributed by atoms with E-state index in [1.807, 2.05) is 18.8 Å². The molecule has 1 N–H and O–H groups in total. The van der Waals surface area contributed by atoms with Crippen LogP contribution in [0.5, 0.6) is 0 Å². The lowest BCUT2D eigenvalue weighted by atomic mass is 9.78. The maximum Gasteiger partial charge on any atom is 0.0794 e. The lowest BCUT2D eigenvalue weighted by Crippen LogP contribution is -2.31. The zero-order chi connectivity index (χ0) is 10.6. The Balaban J connectivity index is 2.60. The topological polar surface area (TPSA) is 24.9 Å². The molecule has 14 heavy (non-hydrogen) atoms. The van der Waals surface area contributed by atoms with Crippen LogP contribution in [0.1, 0.15) is 25.6 Å². The van der Waals surface area contributed by atoms with Crippen LogP contribution in [0.3, 0.4) is 0 Å². The van der Waals surface area contributed by atoms with Crippen molar-refractivity contribution in [3.63, 3.8) is 0 Å². The summed E-state index contributed by atoms with van der Waals surface area (Å²) < 4.78 is 0. The molecule has 80 valence electrons. The second-order valence-electron chi connectivity index (χ2n) is 4.79.